The monoisotopic (exact) mass is 1100 g/mol. The van der Waals surface area contributed by atoms with E-state index >= 15 is 0 Å². The first-order valence-electron chi connectivity index (χ1n) is 21.9. The molecule has 0 saturated carbocycles. The quantitative estimate of drug-likeness (QED) is 0.0434. The third kappa shape index (κ3) is 18.0. The fourth-order valence-electron chi connectivity index (χ4n) is 6.67. The lowest BCUT2D eigenvalue weighted by Crippen LogP contribution is -2.47. The van der Waals surface area contributed by atoms with Gasteiger partial charge in [0.25, 0.3) is 11.6 Å². The number of carbonyl (C=O) groups is 3. The topological polar surface area (TPSA) is 200 Å². The molecule has 2 unspecified atom stereocenters. The summed E-state index contributed by atoms with van der Waals surface area (Å²) in [5, 5.41) is 17.9. The first-order chi connectivity index (χ1) is 33.7. The summed E-state index contributed by atoms with van der Waals surface area (Å²) in [6.45, 7) is 15.6. The Bertz CT molecular complexity index is 2580. The maximum absolute atomic E-state index is 12.2. The highest BCUT2D eigenvalue weighted by atomic mass is 35.5. The van der Waals surface area contributed by atoms with Crippen LogP contribution in [0.25, 0.3) is 0 Å². The molecule has 4 aromatic carbocycles. The van der Waals surface area contributed by atoms with Crippen molar-refractivity contribution in [2.24, 2.45) is 0 Å². The number of aryl methyl sites for hydroxylation is 2. The van der Waals surface area contributed by atoms with Crippen LogP contribution >= 0.6 is 69.6 Å². The molecule has 17 nitrogen and oxygen atoms in total. The number of alkyl halides is 3. The average Bonchev–Trinajstić information content (AvgIpc) is 3.32. The summed E-state index contributed by atoms with van der Waals surface area (Å²) in [5.41, 5.74) is 3.34. The molecule has 6 rings (SSSR count). The van der Waals surface area contributed by atoms with Gasteiger partial charge in [-0.15, -0.1) is 11.6 Å². The SMILES string of the molecule is CC1COc2ccccc2N1C(=O)C(Cl)Cl.CCNc1nc(Cl)nc(NC(C)C)n1.CCc1cccc(C)c1N(C(=O)CCl)C(C)COC.COC(=O)c1cc(Oc2ccc(Cl)cc2Cl)ccc1[N+](=O)[O-]. The lowest BCUT2D eigenvalue weighted by atomic mass is 10.0. The number of hydrogen-bond donors (Lipinski definition) is 2. The highest BCUT2D eigenvalue weighted by molar-refractivity contribution is 6.54. The number of amides is 2. The van der Waals surface area contributed by atoms with Gasteiger partial charge < -0.3 is 39.4 Å². The lowest BCUT2D eigenvalue weighted by molar-refractivity contribution is -0.385. The number of anilines is 4. The van der Waals surface area contributed by atoms with Crippen molar-refractivity contribution >= 4 is 116 Å². The first kappa shape index (κ1) is 59.9. The van der Waals surface area contributed by atoms with Crippen LogP contribution in [0.3, 0.4) is 0 Å². The second kappa shape index (κ2) is 29.8. The number of nitrogens with one attached hydrogen (secondary N) is 2. The van der Waals surface area contributed by atoms with Crippen LogP contribution in [0.1, 0.15) is 63.0 Å². The number of rotatable bonds is 15. The molecule has 0 bridgehead atoms. The van der Waals surface area contributed by atoms with Gasteiger partial charge in [0.2, 0.25) is 23.1 Å². The summed E-state index contributed by atoms with van der Waals surface area (Å²) in [5.74, 6) is 0.924. The highest BCUT2D eigenvalue weighted by Crippen LogP contribution is 2.36. The van der Waals surface area contributed by atoms with Gasteiger partial charge >= 0.3 is 5.97 Å². The summed E-state index contributed by atoms with van der Waals surface area (Å²) in [4.78, 5) is 60.3. The molecular weight excluding hydrogens is 1050 g/mol. The van der Waals surface area contributed by atoms with E-state index in [1.807, 2.05) is 77.9 Å². The van der Waals surface area contributed by atoms with Crippen LogP contribution in [-0.2, 0) is 25.5 Å². The fourth-order valence-corrected chi connectivity index (χ4v) is 7.61. The maximum atomic E-state index is 12.2. The zero-order valence-electron chi connectivity index (χ0n) is 40.5. The Morgan fingerprint density at radius 2 is 1.63 bits per heavy atom. The van der Waals surface area contributed by atoms with E-state index in [2.05, 4.69) is 43.3 Å². The summed E-state index contributed by atoms with van der Waals surface area (Å²) < 4.78 is 20.7. The van der Waals surface area contributed by atoms with Crippen molar-refractivity contribution in [3.05, 3.63) is 121 Å². The number of nitrogens with zero attached hydrogens (tertiary/aromatic N) is 6. The van der Waals surface area contributed by atoms with Crippen molar-refractivity contribution in [2.45, 2.75) is 77.8 Å². The van der Waals surface area contributed by atoms with Gasteiger partial charge in [0.15, 0.2) is 4.84 Å². The van der Waals surface area contributed by atoms with Crippen molar-refractivity contribution in [1.82, 2.24) is 15.0 Å². The van der Waals surface area contributed by atoms with Crippen LogP contribution in [0.15, 0.2) is 78.9 Å². The Morgan fingerprint density at radius 3 is 2.23 bits per heavy atom. The number of ether oxygens (including phenoxy) is 4. The van der Waals surface area contributed by atoms with Crippen LogP contribution < -0.4 is 29.9 Å². The Labute approximate surface area is 443 Å². The molecule has 0 fully saturated rings. The van der Waals surface area contributed by atoms with Crippen LogP contribution in [0.4, 0.5) is 29.0 Å². The molecule has 384 valence electrons. The normalized spacial score (nSPS) is 12.8. The molecule has 0 radical (unpaired) electrons. The van der Waals surface area contributed by atoms with E-state index in [1.165, 1.54) is 18.2 Å². The first-order valence-corrected chi connectivity index (χ1v) is 24.5. The molecule has 23 heteroatoms. The minimum absolute atomic E-state index is 0.0223. The minimum atomic E-state index is -1.05. The number of halogens is 6. The molecule has 5 aromatic rings. The molecule has 2 amide bonds. The Hall–Kier alpha value is -5.40. The fraction of sp³-hybridized carbons (Fsp3) is 0.375. The van der Waals surface area contributed by atoms with Crippen LogP contribution in [0.5, 0.6) is 17.2 Å². The molecule has 1 aromatic heterocycles. The number of hydrogen-bond acceptors (Lipinski definition) is 14. The van der Waals surface area contributed by atoms with Gasteiger partial charge in [-0.25, -0.2) is 4.79 Å². The molecular formula is C48H56Cl6N8O9. The second-order valence-corrected chi connectivity index (χ2v) is 18.0. The van der Waals surface area contributed by atoms with E-state index in [9.17, 15) is 24.5 Å². The largest absolute Gasteiger partial charge is 0.489 e. The second-order valence-electron chi connectivity index (χ2n) is 15.5. The summed E-state index contributed by atoms with van der Waals surface area (Å²) >= 11 is 34.5. The number of benzene rings is 4. The standard InChI is InChI=1S/C15H22ClNO2.C14H9Cl2NO5.C11H11Cl2NO2.C8H14ClN5/c1-5-13-8-6-7-11(2)15(13)17(14(18)9-16)12(3)10-19-4;1-21-14(18)10-7-9(3-4-12(10)17(19)20)22-13-5-2-8(15)6-11(13)16;1-7-6-16-9-5-3-2-4-8(9)14(7)11(15)10(12)13;1-4-10-7-12-6(9)13-8(14-7)11-5(2)3/h6-8,12H,5,9-10H2,1-4H3;2-7H,1H3;2-5,7,10H,6H2,1H3;5H,4H2,1-3H3,(H2,10,11,12,13,14). The number of carbonyl (C=O) groups excluding carboxylic acids is 3. The predicted octanol–water partition coefficient (Wildman–Crippen LogP) is 12.0. The van der Waals surface area contributed by atoms with Crippen LogP contribution in [-0.4, -0.2) is 100 Å². The molecule has 1 aliphatic rings. The Kier molecular flexibility index (Phi) is 25.2. The highest BCUT2D eigenvalue weighted by Gasteiger charge is 2.32. The molecule has 0 spiro atoms. The van der Waals surface area contributed by atoms with E-state index in [0.717, 1.165) is 48.6 Å². The third-order valence-corrected chi connectivity index (χ3v) is 11.0. The maximum Gasteiger partial charge on any atom is 0.345 e. The third-order valence-electron chi connectivity index (χ3n) is 9.70. The molecule has 2 atom stereocenters. The summed E-state index contributed by atoms with van der Waals surface area (Å²) in [6, 6.07) is 21.9. The van der Waals surface area contributed by atoms with Crippen LogP contribution in [0, 0.1) is 17.0 Å². The van der Waals surface area contributed by atoms with Gasteiger partial charge in [-0.2, -0.15) is 15.0 Å². The van der Waals surface area contributed by atoms with Crippen molar-refractivity contribution in [2.75, 3.05) is 60.3 Å². The summed E-state index contributed by atoms with van der Waals surface area (Å²) in [6.07, 6.45) is 0.878. The van der Waals surface area contributed by atoms with Crippen molar-refractivity contribution in [3.63, 3.8) is 0 Å². The van der Waals surface area contributed by atoms with E-state index < -0.39 is 15.7 Å². The van der Waals surface area contributed by atoms with Crippen molar-refractivity contribution in [3.8, 4) is 17.2 Å². The zero-order valence-corrected chi connectivity index (χ0v) is 45.0. The van der Waals surface area contributed by atoms with Gasteiger partial charge in [-0.05, 0) is 107 Å². The number of aromatic nitrogens is 3. The van der Waals surface area contributed by atoms with Gasteiger partial charge in [-0.1, -0.05) is 83.7 Å². The number of nitro groups is 1. The molecule has 0 saturated heterocycles. The summed E-state index contributed by atoms with van der Waals surface area (Å²) in [7, 11) is 2.77. The van der Waals surface area contributed by atoms with E-state index in [1.54, 1.807) is 29.0 Å². The van der Waals surface area contributed by atoms with Crippen molar-refractivity contribution < 1.29 is 38.3 Å². The molecule has 2 heterocycles. The zero-order chi connectivity index (χ0) is 52.9. The number of para-hydroxylation sites is 3. The average molecular weight is 1100 g/mol. The number of methoxy groups -OCH3 is 2. The van der Waals surface area contributed by atoms with E-state index in [-0.39, 0.29) is 63.1 Å². The molecule has 71 heavy (non-hydrogen) atoms. The molecule has 0 aliphatic carbocycles. The van der Waals surface area contributed by atoms with Gasteiger partial charge in [-0.3, -0.25) is 19.7 Å². The van der Waals surface area contributed by atoms with Gasteiger partial charge in [0, 0.05) is 36.9 Å². The lowest BCUT2D eigenvalue weighted by Gasteiger charge is -2.35. The van der Waals surface area contributed by atoms with E-state index in [4.69, 9.17) is 83.8 Å². The minimum Gasteiger partial charge on any atom is -0.489 e. The molecule has 1 aliphatic heterocycles. The number of esters is 1. The number of nitro benzene ring substituents is 1. The molecule has 2 N–H and O–H groups in total. The van der Waals surface area contributed by atoms with E-state index in [0.29, 0.717) is 41.6 Å². The van der Waals surface area contributed by atoms with Gasteiger partial charge in [0.1, 0.15) is 35.3 Å². The Balaban J connectivity index is 0.000000254. The number of fused-ring (bicyclic) bond motifs is 1. The van der Waals surface area contributed by atoms with Crippen molar-refractivity contribution in [1.29, 1.82) is 0 Å². The Morgan fingerprint density at radius 1 is 0.944 bits per heavy atom. The predicted molar refractivity (Wildman–Crippen MR) is 283 cm³/mol. The van der Waals surface area contributed by atoms with Gasteiger partial charge in [0.05, 0.1) is 47.1 Å². The van der Waals surface area contributed by atoms with Crippen LogP contribution in [0.2, 0.25) is 15.3 Å². The smallest absolute Gasteiger partial charge is 0.345 e.